The lowest BCUT2D eigenvalue weighted by atomic mass is 10.1. The summed E-state index contributed by atoms with van der Waals surface area (Å²) in [6, 6.07) is 9.93. The molecule has 1 amide bonds. The molecule has 1 aromatic rings. The highest BCUT2D eigenvalue weighted by atomic mass is 127. The fourth-order valence-corrected chi connectivity index (χ4v) is 3.37. The van der Waals surface area contributed by atoms with Crippen molar-refractivity contribution in [2.45, 2.75) is 31.5 Å². The lowest BCUT2D eigenvalue weighted by Gasteiger charge is -2.31. The van der Waals surface area contributed by atoms with E-state index in [9.17, 15) is 9.90 Å². The minimum absolute atomic E-state index is 0.0283. The number of carbonyl (C=O) groups excluding carboxylic acids is 1. The Hall–Kier alpha value is -0.620. The van der Waals surface area contributed by atoms with Crippen LogP contribution in [-0.4, -0.2) is 32.5 Å². The quantitative estimate of drug-likeness (QED) is 0.674. The van der Waals surface area contributed by atoms with Gasteiger partial charge >= 0.3 is 0 Å². The molecule has 4 heteroatoms. The van der Waals surface area contributed by atoms with Crippen molar-refractivity contribution >= 4 is 28.5 Å². The highest BCUT2D eigenvalue weighted by Crippen LogP contribution is 2.31. The van der Waals surface area contributed by atoms with E-state index in [4.69, 9.17) is 0 Å². The Morgan fingerprint density at radius 3 is 2.71 bits per heavy atom. The van der Waals surface area contributed by atoms with Crippen LogP contribution in [0.2, 0.25) is 0 Å². The molecule has 2 rings (SSSR count). The first-order chi connectivity index (χ1) is 8.15. The average Bonchev–Trinajstić information content (AvgIpc) is 2.63. The van der Waals surface area contributed by atoms with Crippen LogP contribution in [0.1, 0.15) is 24.9 Å². The standard InChI is InChI=1S/C13H16INO2/c1-9(10-5-3-2-4-6-10)15-11(8-14)12(16)7-13(15)17/h2-6,9,11-12,16H,7-8H2,1H3/t9-,11+,12+/m1/s1. The number of hydrogen-bond donors (Lipinski definition) is 1. The molecule has 3 atom stereocenters. The first-order valence-corrected chi connectivity index (χ1v) is 7.28. The fourth-order valence-electron chi connectivity index (χ4n) is 2.36. The molecule has 1 aliphatic rings. The molecule has 0 saturated carbocycles. The molecule has 17 heavy (non-hydrogen) atoms. The Morgan fingerprint density at radius 2 is 2.12 bits per heavy atom. The van der Waals surface area contributed by atoms with Gasteiger partial charge in [-0.05, 0) is 12.5 Å². The second-order valence-electron chi connectivity index (χ2n) is 4.38. The number of nitrogens with zero attached hydrogens (tertiary/aromatic N) is 1. The molecule has 0 radical (unpaired) electrons. The summed E-state index contributed by atoms with van der Waals surface area (Å²) in [5.74, 6) is 0.0514. The van der Waals surface area contributed by atoms with Crippen molar-refractivity contribution in [2.24, 2.45) is 0 Å². The molecule has 1 aliphatic heterocycles. The molecule has 1 heterocycles. The van der Waals surface area contributed by atoms with Crippen LogP contribution in [0.25, 0.3) is 0 Å². The van der Waals surface area contributed by atoms with Gasteiger partial charge in [-0.25, -0.2) is 0 Å². The van der Waals surface area contributed by atoms with Gasteiger partial charge in [0.15, 0.2) is 0 Å². The molecule has 92 valence electrons. The maximum Gasteiger partial charge on any atom is 0.226 e. The van der Waals surface area contributed by atoms with Gasteiger partial charge in [-0.1, -0.05) is 52.9 Å². The van der Waals surface area contributed by atoms with E-state index in [1.54, 1.807) is 0 Å². The van der Waals surface area contributed by atoms with E-state index >= 15 is 0 Å². The van der Waals surface area contributed by atoms with Crippen LogP contribution < -0.4 is 0 Å². The molecule has 0 unspecified atom stereocenters. The van der Waals surface area contributed by atoms with E-state index in [1.165, 1.54) is 0 Å². The smallest absolute Gasteiger partial charge is 0.226 e. The minimum Gasteiger partial charge on any atom is -0.390 e. The molecule has 1 saturated heterocycles. The van der Waals surface area contributed by atoms with Crippen molar-refractivity contribution < 1.29 is 9.90 Å². The minimum atomic E-state index is -0.523. The first kappa shape index (κ1) is 12.8. The summed E-state index contributed by atoms with van der Waals surface area (Å²) in [7, 11) is 0. The lowest BCUT2D eigenvalue weighted by molar-refractivity contribution is -0.130. The second-order valence-corrected chi connectivity index (χ2v) is 5.26. The molecule has 1 fully saturated rings. The van der Waals surface area contributed by atoms with Gasteiger partial charge in [0.25, 0.3) is 0 Å². The molecular formula is C13H16INO2. The summed E-state index contributed by atoms with van der Waals surface area (Å²) >= 11 is 2.23. The van der Waals surface area contributed by atoms with Gasteiger partial charge < -0.3 is 10.0 Å². The van der Waals surface area contributed by atoms with Crippen molar-refractivity contribution in [1.29, 1.82) is 0 Å². The van der Waals surface area contributed by atoms with Crippen molar-refractivity contribution in [3.63, 3.8) is 0 Å². The maximum atomic E-state index is 11.9. The number of carbonyl (C=O) groups is 1. The topological polar surface area (TPSA) is 40.5 Å². The van der Waals surface area contributed by atoms with Crippen LogP contribution in [0, 0.1) is 0 Å². The Balaban J connectivity index is 2.24. The van der Waals surface area contributed by atoms with Crippen LogP contribution in [0.15, 0.2) is 30.3 Å². The molecule has 0 aromatic heterocycles. The Morgan fingerprint density at radius 1 is 1.47 bits per heavy atom. The zero-order valence-corrected chi connectivity index (χ0v) is 11.9. The van der Waals surface area contributed by atoms with Crippen LogP contribution in [-0.2, 0) is 4.79 Å². The van der Waals surface area contributed by atoms with Gasteiger partial charge in [-0.2, -0.15) is 0 Å². The number of halogens is 1. The monoisotopic (exact) mass is 345 g/mol. The van der Waals surface area contributed by atoms with Crippen molar-refractivity contribution in [3.05, 3.63) is 35.9 Å². The Bertz CT molecular complexity index is 396. The predicted octanol–water partition coefficient (Wildman–Crippen LogP) is 2.14. The van der Waals surface area contributed by atoms with Crippen LogP contribution in [0.4, 0.5) is 0 Å². The maximum absolute atomic E-state index is 11.9. The average molecular weight is 345 g/mol. The molecule has 0 spiro atoms. The third-order valence-electron chi connectivity index (χ3n) is 3.33. The molecule has 1 aromatic carbocycles. The number of aliphatic hydroxyl groups excluding tert-OH is 1. The van der Waals surface area contributed by atoms with Gasteiger partial charge in [0.2, 0.25) is 5.91 Å². The van der Waals surface area contributed by atoms with Crippen LogP contribution >= 0.6 is 22.6 Å². The van der Waals surface area contributed by atoms with Crippen LogP contribution in [0.3, 0.4) is 0 Å². The van der Waals surface area contributed by atoms with Crippen molar-refractivity contribution in [3.8, 4) is 0 Å². The summed E-state index contributed by atoms with van der Waals surface area (Å²) in [6.45, 7) is 2.02. The zero-order valence-electron chi connectivity index (χ0n) is 9.71. The van der Waals surface area contributed by atoms with E-state index in [1.807, 2.05) is 42.2 Å². The lowest BCUT2D eigenvalue weighted by Crippen LogP contribution is -2.40. The highest BCUT2D eigenvalue weighted by Gasteiger charge is 2.40. The molecule has 3 nitrogen and oxygen atoms in total. The molecule has 1 N–H and O–H groups in total. The summed E-state index contributed by atoms with van der Waals surface area (Å²) in [5, 5.41) is 9.86. The predicted molar refractivity (Wildman–Crippen MR) is 75.0 cm³/mol. The van der Waals surface area contributed by atoms with Gasteiger partial charge in [0, 0.05) is 4.43 Å². The SMILES string of the molecule is C[C@H](c1ccccc1)N1C(=O)C[C@H](O)[C@@H]1CI. The number of rotatable bonds is 3. The number of amides is 1. The van der Waals surface area contributed by atoms with E-state index in [-0.39, 0.29) is 24.4 Å². The Labute approximate surface area is 115 Å². The van der Waals surface area contributed by atoms with Crippen molar-refractivity contribution in [1.82, 2.24) is 4.90 Å². The van der Waals surface area contributed by atoms with Gasteiger partial charge in [-0.3, -0.25) is 4.79 Å². The summed E-state index contributed by atoms with van der Waals surface area (Å²) in [5.41, 5.74) is 1.12. The fraction of sp³-hybridized carbons (Fsp3) is 0.462. The van der Waals surface area contributed by atoms with E-state index in [0.29, 0.717) is 0 Å². The van der Waals surface area contributed by atoms with Gasteiger partial charge in [0.1, 0.15) is 0 Å². The number of alkyl halides is 1. The summed E-state index contributed by atoms with van der Waals surface area (Å²) in [4.78, 5) is 13.8. The summed E-state index contributed by atoms with van der Waals surface area (Å²) in [6.07, 6.45) is -0.268. The zero-order chi connectivity index (χ0) is 12.4. The van der Waals surface area contributed by atoms with Crippen LogP contribution in [0.5, 0.6) is 0 Å². The molecular weight excluding hydrogens is 329 g/mol. The largest absolute Gasteiger partial charge is 0.390 e. The third kappa shape index (κ3) is 2.47. The van der Waals surface area contributed by atoms with Gasteiger partial charge in [-0.15, -0.1) is 0 Å². The summed E-state index contributed by atoms with van der Waals surface area (Å²) < 4.78 is 0.766. The number of likely N-dealkylation sites (tertiary alicyclic amines) is 1. The molecule has 0 bridgehead atoms. The number of hydrogen-bond acceptors (Lipinski definition) is 2. The number of aliphatic hydroxyl groups is 1. The first-order valence-electron chi connectivity index (χ1n) is 5.75. The van der Waals surface area contributed by atoms with E-state index in [2.05, 4.69) is 22.6 Å². The van der Waals surface area contributed by atoms with E-state index < -0.39 is 6.10 Å². The normalized spacial score (nSPS) is 26.3. The Kier molecular flexibility index (Phi) is 4.04. The van der Waals surface area contributed by atoms with E-state index in [0.717, 1.165) is 9.99 Å². The third-order valence-corrected chi connectivity index (χ3v) is 4.23. The number of benzene rings is 1. The highest BCUT2D eigenvalue weighted by molar-refractivity contribution is 14.1. The van der Waals surface area contributed by atoms with Gasteiger partial charge in [0.05, 0.1) is 24.6 Å². The second kappa shape index (κ2) is 5.35. The molecule has 0 aliphatic carbocycles. The van der Waals surface area contributed by atoms with Crippen molar-refractivity contribution in [2.75, 3.05) is 4.43 Å².